The topological polar surface area (TPSA) is 23.5 Å². The maximum Gasteiger partial charge on any atom is 0.0413 e. The molecule has 0 spiro atoms. The molecule has 0 aromatic heterocycles. The van der Waals surface area contributed by atoms with Gasteiger partial charge in [0, 0.05) is 11.1 Å². The number of nitrogens with zero attached hydrogens (tertiary/aromatic N) is 1. The van der Waals surface area contributed by atoms with Crippen LogP contribution in [0.25, 0.3) is 0 Å². The molecule has 1 aliphatic heterocycles. The maximum atomic E-state index is 10.2. The van der Waals surface area contributed by atoms with Crippen molar-refractivity contribution in [3.63, 3.8) is 0 Å². The number of hydroxylamine groups is 2. The largest absolute Gasteiger partial charge is 0.313 e. The molecule has 96 valence electrons. The van der Waals surface area contributed by atoms with E-state index in [0.717, 1.165) is 25.7 Å². The molecular formula is C15H25NO. The number of allylic oxidation sites excluding steroid dienone is 4. The van der Waals surface area contributed by atoms with Gasteiger partial charge in [-0.25, -0.2) is 0 Å². The van der Waals surface area contributed by atoms with E-state index in [1.54, 1.807) is 5.06 Å². The molecule has 1 heterocycles. The van der Waals surface area contributed by atoms with Crippen molar-refractivity contribution in [1.29, 1.82) is 0 Å². The van der Waals surface area contributed by atoms with Crippen molar-refractivity contribution in [3.05, 3.63) is 23.8 Å². The van der Waals surface area contributed by atoms with Crippen LogP contribution in [0, 0.1) is 5.92 Å². The van der Waals surface area contributed by atoms with E-state index >= 15 is 0 Å². The van der Waals surface area contributed by atoms with Crippen LogP contribution in [-0.4, -0.2) is 21.3 Å². The molecule has 0 atom stereocenters. The van der Waals surface area contributed by atoms with Crippen molar-refractivity contribution in [3.8, 4) is 0 Å². The number of piperidine rings is 1. The Bertz CT molecular complexity index is 334. The van der Waals surface area contributed by atoms with Crippen LogP contribution in [0.3, 0.4) is 0 Å². The van der Waals surface area contributed by atoms with Crippen LogP contribution in [0.1, 0.15) is 53.4 Å². The van der Waals surface area contributed by atoms with Crippen molar-refractivity contribution in [2.45, 2.75) is 64.5 Å². The number of hydrogen-bond acceptors (Lipinski definition) is 2. The molecule has 0 aromatic carbocycles. The first-order chi connectivity index (χ1) is 7.81. The van der Waals surface area contributed by atoms with E-state index in [-0.39, 0.29) is 11.1 Å². The zero-order chi connectivity index (χ0) is 12.7. The summed E-state index contributed by atoms with van der Waals surface area (Å²) < 4.78 is 0. The van der Waals surface area contributed by atoms with Gasteiger partial charge in [-0.15, -0.1) is 0 Å². The van der Waals surface area contributed by atoms with E-state index < -0.39 is 0 Å². The fraction of sp³-hybridized carbons (Fsp3) is 0.733. The Hall–Kier alpha value is -0.600. The minimum Gasteiger partial charge on any atom is -0.313 e. The van der Waals surface area contributed by atoms with E-state index in [9.17, 15) is 5.21 Å². The average molecular weight is 235 g/mol. The van der Waals surface area contributed by atoms with Gasteiger partial charge in [-0.2, -0.15) is 5.06 Å². The Kier molecular flexibility index (Phi) is 3.21. The van der Waals surface area contributed by atoms with Gasteiger partial charge in [0.15, 0.2) is 0 Å². The molecule has 0 aromatic rings. The monoisotopic (exact) mass is 235 g/mol. The first-order valence-corrected chi connectivity index (χ1v) is 6.66. The molecule has 0 saturated carbocycles. The fourth-order valence-electron chi connectivity index (χ4n) is 3.61. The Balaban J connectivity index is 2.08. The second-order valence-corrected chi connectivity index (χ2v) is 6.83. The highest BCUT2D eigenvalue weighted by molar-refractivity contribution is 5.26. The molecule has 17 heavy (non-hydrogen) atoms. The van der Waals surface area contributed by atoms with Gasteiger partial charge in [-0.3, -0.25) is 0 Å². The molecule has 2 rings (SSSR count). The summed E-state index contributed by atoms with van der Waals surface area (Å²) in [4.78, 5) is 0. The lowest BCUT2D eigenvalue weighted by Gasteiger charge is -2.51. The molecule has 2 nitrogen and oxygen atoms in total. The Morgan fingerprint density at radius 2 is 1.82 bits per heavy atom. The van der Waals surface area contributed by atoms with E-state index in [4.69, 9.17) is 0 Å². The van der Waals surface area contributed by atoms with Crippen molar-refractivity contribution < 1.29 is 5.21 Å². The summed E-state index contributed by atoms with van der Waals surface area (Å²) in [6, 6.07) is 0. The Morgan fingerprint density at radius 1 is 1.24 bits per heavy atom. The Morgan fingerprint density at radius 3 is 2.29 bits per heavy atom. The average Bonchev–Trinajstić information content (AvgIpc) is 2.65. The van der Waals surface area contributed by atoms with Gasteiger partial charge in [0.1, 0.15) is 0 Å². The van der Waals surface area contributed by atoms with Gasteiger partial charge in [0.25, 0.3) is 0 Å². The minimum absolute atomic E-state index is 0.116. The summed E-state index contributed by atoms with van der Waals surface area (Å²) in [5.74, 6) is 0.678. The van der Waals surface area contributed by atoms with Crippen LogP contribution in [0.4, 0.5) is 0 Å². The van der Waals surface area contributed by atoms with Crippen LogP contribution < -0.4 is 0 Å². The van der Waals surface area contributed by atoms with Crippen molar-refractivity contribution >= 4 is 0 Å². The van der Waals surface area contributed by atoms with Gasteiger partial charge in [0.05, 0.1) is 0 Å². The molecule has 2 heteroatoms. The lowest BCUT2D eigenvalue weighted by Crippen LogP contribution is -2.58. The zero-order valence-corrected chi connectivity index (χ0v) is 11.5. The predicted molar refractivity (Wildman–Crippen MR) is 71.0 cm³/mol. The molecule has 0 amide bonds. The molecule has 1 aliphatic carbocycles. The molecule has 0 radical (unpaired) electrons. The third kappa shape index (κ3) is 2.63. The third-order valence-corrected chi connectivity index (χ3v) is 4.10. The number of hydrogen-bond donors (Lipinski definition) is 1. The first kappa shape index (κ1) is 12.8. The van der Waals surface area contributed by atoms with Crippen LogP contribution in [-0.2, 0) is 0 Å². The summed E-state index contributed by atoms with van der Waals surface area (Å²) >= 11 is 0. The first-order valence-electron chi connectivity index (χ1n) is 6.66. The number of rotatable bonds is 2. The molecule has 0 unspecified atom stereocenters. The van der Waals surface area contributed by atoms with Gasteiger partial charge in [0.2, 0.25) is 0 Å². The van der Waals surface area contributed by atoms with Gasteiger partial charge in [-0.1, -0.05) is 23.8 Å². The van der Waals surface area contributed by atoms with E-state index in [1.165, 1.54) is 5.57 Å². The minimum atomic E-state index is -0.116. The lowest BCUT2D eigenvalue weighted by molar-refractivity contribution is -0.250. The lowest BCUT2D eigenvalue weighted by atomic mass is 9.73. The summed E-state index contributed by atoms with van der Waals surface area (Å²) in [6.07, 6.45) is 11.2. The predicted octanol–water partition coefficient (Wildman–Crippen LogP) is 3.92. The van der Waals surface area contributed by atoms with Crippen LogP contribution in [0.5, 0.6) is 0 Å². The SMILES string of the molecule is CC1(C)CC(CC2=CCC=C2)CC(C)(C)N1O. The standard InChI is InChI=1S/C15H25NO/c1-14(2)10-13(9-12-7-5-6-8-12)11-15(3,4)16(14)17/h5,7-8,13,17H,6,9-11H2,1-4H3. The molecule has 1 saturated heterocycles. The summed E-state index contributed by atoms with van der Waals surface area (Å²) in [6.45, 7) is 8.55. The zero-order valence-electron chi connectivity index (χ0n) is 11.5. The molecule has 2 aliphatic rings. The van der Waals surface area contributed by atoms with Crippen LogP contribution in [0.2, 0.25) is 0 Å². The third-order valence-electron chi connectivity index (χ3n) is 4.10. The summed E-state index contributed by atoms with van der Waals surface area (Å²) in [5.41, 5.74) is 1.25. The molecule has 1 fully saturated rings. The van der Waals surface area contributed by atoms with Crippen molar-refractivity contribution in [1.82, 2.24) is 5.06 Å². The van der Waals surface area contributed by atoms with E-state index in [2.05, 4.69) is 45.9 Å². The normalized spacial score (nSPS) is 28.4. The van der Waals surface area contributed by atoms with Crippen LogP contribution in [0.15, 0.2) is 23.8 Å². The maximum absolute atomic E-state index is 10.2. The molecular weight excluding hydrogens is 210 g/mol. The van der Waals surface area contributed by atoms with E-state index in [0.29, 0.717) is 5.92 Å². The van der Waals surface area contributed by atoms with Crippen molar-refractivity contribution in [2.24, 2.45) is 5.92 Å². The van der Waals surface area contributed by atoms with Crippen LogP contribution >= 0.6 is 0 Å². The molecule has 1 N–H and O–H groups in total. The highest BCUT2D eigenvalue weighted by Gasteiger charge is 2.44. The summed E-state index contributed by atoms with van der Waals surface area (Å²) in [7, 11) is 0. The highest BCUT2D eigenvalue weighted by Crippen LogP contribution is 2.42. The Labute approximate surface area is 105 Å². The smallest absolute Gasteiger partial charge is 0.0413 e. The van der Waals surface area contributed by atoms with Gasteiger partial charge < -0.3 is 5.21 Å². The molecule has 0 bridgehead atoms. The highest BCUT2D eigenvalue weighted by atomic mass is 16.5. The second kappa shape index (κ2) is 4.25. The second-order valence-electron chi connectivity index (χ2n) is 6.83. The fourth-order valence-corrected chi connectivity index (χ4v) is 3.61. The summed E-state index contributed by atoms with van der Waals surface area (Å²) in [5, 5.41) is 11.8. The quantitative estimate of drug-likeness (QED) is 0.784. The van der Waals surface area contributed by atoms with Gasteiger partial charge in [-0.05, 0) is 59.3 Å². The van der Waals surface area contributed by atoms with E-state index in [1.807, 2.05) is 0 Å². The van der Waals surface area contributed by atoms with Gasteiger partial charge >= 0.3 is 0 Å². The van der Waals surface area contributed by atoms with Crippen molar-refractivity contribution in [2.75, 3.05) is 0 Å².